The number of nitrogens with zero attached hydrogens (tertiary/aromatic N) is 1. The van der Waals surface area contributed by atoms with Crippen molar-refractivity contribution in [2.75, 3.05) is 5.73 Å². The molecule has 0 radical (unpaired) electrons. The minimum absolute atomic E-state index is 0.0906. The Hall–Kier alpha value is -2.01. The summed E-state index contributed by atoms with van der Waals surface area (Å²) in [6.07, 6.45) is 2.55. The van der Waals surface area contributed by atoms with Crippen molar-refractivity contribution in [3.05, 3.63) is 52.6 Å². The van der Waals surface area contributed by atoms with Gasteiger partial charge in [-0.3, -0.25) is 0 Å². The largest absolute Gasteiger partial charge is 0.456 e. The summed E-state index contributed by atoms with van der Waals surface area (Å²) in [5.74, 6) is -0.940. The summed E-state index contributed by atoms with van der Waals surface area (Å²) >= 11 is 5.93. The Morgan fingerprint density at radius 1 is 1.43 bits per heavy atom. The maximum atomic E-state index is 13.1. The molecule has 0 bridgehead atoms. The van der Waals surface area contributed by atoms with Gasteiger partial charge in [0.25, 0.3) is 0 Å². The van der Waals surface area contributed by atoms with Gasteiger partial charge < -0.3 is 15.0 Å². The molecule has 0 aliphatic carbocycles. The van der Waals surface area contributed by atoms with E-state index in [1.54, 1.807) is 16.8 Å². The summed E-state index contributed by atoms with van der Waals surface area (Å²) in [5.41, 5.74) is 7.00. The Kier molecular flexibility index (Phi) is 4.85. The van der Waals surface area contributed by atoms with Crippen LogP contribution < -0.4 is 5.73 Å². The molecule has 0 fully saturated rings. The Balaban J connectivity index is 2.10. The predicted octanol–water partition coefficient (Wildman–Crippen LogP) is 3.63. The van der Waals surface area contributed by atoms with Crippen LogP contribution >= 0.6 is 11.6 Å². The lowest BCUT2D eigenvalue weighted by Crippen LogP contribution is -2.12. The van der Waals surface area contributed by atoms with Crippen molar-refractivity contribution < 1.29 is 13.9 Å². The first-order valence-corrected chi connectivity index (χ1v) is 6.95. The van der Waals surface area contributed by atoms with E-state index in [4.69, 9.17) is 22.1 Å². The van der Waals surface area contributed by atoms with E-state index in [1.165, 1.54) is 18.2 Å². The van der Waals surface area contributed by atoms with E-state index in [0.717, 1.165) is 6.42 Å². The van der Waals surface area contributed by atoms with Gasteiger partial charge >= 0.3 is 5.97 Å². The minimum atomic E-state index is -0.513. The third-order valence-electron chi connectivity index (χ3n) is 2.96. The number of aromatic nitrogens is 1. The number of anilines is 1. The van der Waals surface area contributed by atoms with Crippen molar-refractivity contribution in [2.45, 2.75) is 26.5 Å². The third-order valence-corrected chi connectivity index (χ3v) is 3.33. The summed E-state index contributed by atoms with van der Waals surface area (Å²) in [4.78, 5) is 12.1. The molecule has 0 aliphatic heterocycles. The van der Waals surface area contributed by atoms with Crippen LogP contribution in [-0.2, 0) is 17.9 Å². The van der Waals surface area contributed by atoms with Gasteiger partial charge in [0.1, 0.15) is 18.1 Å². The third kappa shape index (κ3) is 3.76. The first-order chi connectivity index (χ1) is 10.0. The van der Waals surface area contributed by atoms with E-state index >= 15 is 0 Å². The van der Waals surface area contributed by atoms with Crippen molar-refractivity contribution >= 4 is 23.3 Å². The second kappa shape index (κ2) is 6.63. The number of nitrogens with two attached hydrogens (primary N) is 1. The number of halogens is 2. The number of benzene rings is 1. The smallest absolute Gasteiger partial charge is 0.355 e. The number of carbonyl (C=O) groups is 1. The zero-order valence-corrected chi connectivity index (χ0v) is 12.4. The minimum Gasteiger partial charge on any atom is -0.456 e. The normalized spacial score (nSPS) is 10.6. The van der Waals surface area contributed by atoms with Gasteiger partial charge in [-0.05, 0) is 30.7 Å². The number of hydrogen-bond acceptors (Lipinski definition) is 3. The number of aryl methyl sites for hydroxylation is 1. The monoisotopic (exact) mass is 310 g/mol. The molecule has 6 heteroatoms. The van der Waals surface area contributed by atoms with E-state index in [0.29, 0.717) is 28.5 Å². The fourth-order valence-corrected chi connectivity index (χ4v) is 2.17. The van der Waals surface area contributed by atoms with Gasteiger partial charge in [0.2, 0.25) is 0 Å². The van der Waals surface area contributed by atoms with E-state index < -0.39 is 11.8 Å². The number of hydrogen-bond donors (Lipinski definition) is 1. The van der Waals surface area contributed by atoms with Crippen LogP contribution in [0.15, 0.2) is 30.5 Å². The van der Waals surface area contributed by atoms with Crippen LogP contribution in [0.1, 0.15) is 29.4 Å². The highest BCUT2D eigenvalue weighted by Crippen LogP contribution is 2.19. The second-order valence-electron chi connectivity index (χ2n) is 4.66. The Labute approximate surface area is 127 Å². The van der Waals surface area contributed by atoms with Gasteiger partial charge in [0.15, 0.2) is 0 Å². The first kappa shape index (κ1) is 15.4. The highest BCUT2D eigenvalue weighted by atomic mass is 35.5. The zero-order valence-electron chi connectivity index (χ0n) is 11.6. The predicted molar refractivity (Wildman–Crippen MR) is 79.7 cm³/mol. The number of ether oxygens (including phenoxy) is 1. The van der Waals surface area contributed by atoms with E-state index in [2.05, 4.69) is 0 Å². The Morgan fingerprint density at radius 2 is 2.19 bits per heavy atom. The molecular formula is C15H16ClFN2O2. The molecule has 0 saturated heterocycles. The van der Waals surface area contributed by atoms with Gasteiger partial charge in [-0.2, -0.15) is 0 Å². The molecule has 0 spiro atoms. The van der Waals surface area contributed by atoms with Crippen LogP contribution in [0.4, 0.5) is 10.1 Å². The van der Waals surface area contributed by atoms with Crippen molar-refractivity contribution in [3.8, 4) is 0 Å². The van der Waals surface area contributed by atoms with Crippen LogP contribution in [0.5, 0.6) is 0 Å². The maximum Gasteiger partial charge on any atom is 0.355 e. The second-order valence-corrected chi connectivity index (χ2v) is 5.07. The standard InChI is InChI=1S/C15H16ClFN2O2/c1-2-5-19-8-12(18)7-14(19)15(20)21-9-10-6-11(17)3-4-13(10)16/h3-4,6-8H,2,5,9,18H2,1H3. The van der Waals surface area contributed by atoms with E-state index in [9.17, 15) is 9.18 Å². The average Bonchev–Trinajstić information content (AvgIpc) is 2.81. The van der Waals surface area contributed by atoms with Crippen molar-refractivity contribution in [3.63, 3.8) is 0 Å². The fourth-order valence-electron chi connectivity index (χ4n) is 2.00. The van der Waals surface area contributed by atoms with Crippen molar-refractivity contribution in [1.82, 2.24) is 4.57 Å². The number of esters is 1. The van der Waals surface area contributed by atoms with Crippen LogP contribution in [0.3, 0.4) is 0 Å². The Bertz CT molecular complexity index is 655. The molecule has 1 heterocycles. The van der Waals surface area contributed by atoms with Gasteiger partial charge in [0.05, 0.1) is 5.69 Å². The van der Waals surface area contributed by atoms with Gasteiger partial charge in [-0.25, -0.2) is 9.18 Å². The molecule has 21 heavy (non-hydrogen) atoms. The summed E-state index contributed by atoms with van der Waals surface area (Å²) in [7, 11) is 0. The molecule has 0 atom stereocenters. The molecule has 112 valence electrons. The highest BCUT2D eigenvalue weighted by molar-refractivity contribution is 6.31. The SMILES string of the molecule is CCCn1cc(N)cc1C(=O)OCc1cc(F)ccc1Cl. The molecule has 2 rings (SSSR count). The lowest BCUT2D eigenvalue weighted by Gasteiger charge is -2.09. The Morgan fingerprint density at radius 3 is 2.90 bits per heavy atom. The van der Waals surface area contributed by atoms with Crippen molar-refractivity contribution in [1.29, 1.82) is 0 Å². The molecule has 2 N–H and O–H groups in total. The van der Waals surface area contributed by atoms with Crippen LogP contribution in [-0.4, -0.2) is 10.5 Å². The maximum absolute atomic E-state index is 13.1. The van der Waals surface area contributed by atoms with Gasteiger partial charge in [-0.1, -0.05) is 18.5 Å². The molecule has 1 aromatic carbocycles. The van der Waals surface area contributed by atoms with Crippen LogP contribution in [0.2, 0.25) is 5.02 Å². The number of nitrogen functional groups attached to an aromatic ring is 1. The topological polar surface area (TPSA) is 57.2 Å². The van der Waals surface area contributed by atoms with E-state index in [-0.39, 0.29) is 6.61 Å². The van der Waals surface area contributed by atoms with Crippen LogP contribution in [0.25, 0.3) is 0 Å². The molecule has 4 nitrogen and oxygen atoms in total. The number of rotatable bonds is 5. The lowest BCUT2D eigenvalue weighted by atomic mass is 10.2. The average molecular weight is 311 g/mol. The highest BCUT2D eigenvalue weighted by Gasteiger charge is 2.15. The quantitative estimate of drug-likeness (QED) is 0.858. The summed E-state index contributed by atoms with van der Waals surface area (Å²) in [6, 6.07) is 5.48. The molecule has 0 amide bonds. The summed E-state index contributed by atoms with van der Waals surface area (Å²) < 4.78 is 20.1. The van der Waals surface area contributed by atoms with Crippen molar-refractivity contribution in [2.24, 2.45) is 0 Å². The summed E-state index contributed by atoms with van der Waals surface area (Å²) in [5, 5.41) is 0.354. The molecule has 0 aliphatic rings. The van der Waals surface area contributed by atoms with Gasteiger partial charge in [-0.15, -0.1) is 0 Å². The summed E-state index contributed by atoms with van der Waals surface area (Å²) in [6.45, 7) is 2.58. The molecule has 2 aromatic rings. The first-order valence-electron chi connectivity index (χ1n) is 6.58. The lowest BCUT2D eigenvalue weighted by molar-refractivity contribution is 0.0459. The van der Waals surface area contributed by atoms with Crippen LogP contribution in [0, 0.1) is 5.82 Å². The molecule has 1 aromatic heterocycles. The fraction of sp³-hybridized carbons (Fsp3) is 0.267. The number of carbonyl (C=O) groups excluding carboxylic acids is 1. The zero-order chi connectivity index (χ0) is 15.4. The molecule has 0 saturated carbocycles. The van der Waals surface area contributed by atoms with Gasteiger partial charge in [0, 0.05) is 23.3 Å². The van der Waals surface area contributed by atoms with E-state index in [1.807, 2.05) is 6.92 Å². The molecular weight excluding hydrogens is 295 g/mol. The molecule has 0 unspecified atom stereocenters.